The monoisotopic (exact) mass is 469 g/mol. The highest BCUT2D eigenvalue weighted by atomic mass is 79.9. The fourth-order valence-electron chi connectivity index (χ4n) is 2.70. The summed E-state index contributed by atoms with van der Waals surface area (Å²) in [7, 11) is 0. The van der Waals surface area contributed by atoms with Gasteiger partial charge in [-0.05, 0) is 29.8 Å². The zero-order valence-electron chi connectivity index (χ0n) is 15.6. The van der Waals surface area contributed by atoms with E-state index in [1.54, 1.807) is 18.2 Å². The molecule has 0 fully saturated rings. The maximum Gasteiger partial charge on any atom is 0.347 e. The zero-order chi connectivity index (χ0) is 21.5. The summed E-state index contributed by atoms with van der Waals surface area (Å²) in [6.45, 7) is 0.350. The van der Waals surface area contributed by atoms with Crippen molar-refractivity contribution in [3.63, 3.8) is 0 Å². The average molecular weight is 470 g/mol. The van der Waals surface area contributed by atoms with E-state index in [9.17, 15) is 19.7 Å². The van der Waals surface area contributed by atoms with Gasteiger partial charge in [0.2, 0.25) is 0 Å². The molecule has 3 rings (SSSR count). The van der Waals surface area contributed by atoms with Crippen LogP contribution in [0.25, 0.3) is 0 Å². The molecule has 0 radical (unpaired) electrons. The third-order valence-electron chi connectivity index (χ3n) is 4.19. The summed E-state index contributed by atoms with van der Waals surface area (Å²) in [5.74, 6) is -0.493. The number of esters is 1. The number of nitro benzene ring substituents is 1. The van der Waals surface area contributed by atoms with Crippen LogP contribution in [0.15, 0.2) is 71.2 Å². The van der Waals surface area contributed by atoms with E-state index in [0.717, 1.165) is 17.7 Å². The Morgan fingerprint density at radius 3 is 2.47 bits per heavy atom. The largest absolute Gasteiger partial charge is 0.492 e. The van der Waals surface area contributed by atoms with Gasteiger partial charge in [-0.15, -0.1) is 0 Å². The van der Waals surface area contributed by atoms with Gasteiger partial charge in [-0.1, -0.05) is 46.3 Å². The summed E-state index contributed by atoms with van der Waals surface area (Å²) >= 11 is 3.31. The van der Waals surface area contributed by atoms with E-state index in [0.29, 0.717) is 29.5 Å². The SMILES string of the molecule is O=Cc1cc([N+](=O)[O-])ccc1OC(=O)c1cc(Br)ccc1OCCc1ccccc1. The summed E-state index contributed by atoms with van der Waals surface area (Å²) < 4.78 is 11.7. The number of aldehydes is 1. The number of non-ortho nitro benzene ring substituents is 1. The molecule has 0 aliphatic heterocycles. The highest BCUT2D eigenvalue weighted by Gasteiger charge is 2.19. The first kappa shape index (κ1) is 21.2. The Morgan fingerprint density at radius 2 is 1.77 bits per heavy atom. The highest BCUT2D eigenvalue weighted by molar-refractivity contribution is 9.10. The van der Waals surface area contributed by atoms with E-state index in [2.05, 4.69) is 15.9 Å². The number of halogens is 1. The molecule has 3 aromatic carbocycles. The topological polar surface area (TPSA) is 95.7 Å². The molecule has 0 amide bonds. The quantitative estimate of drug-likeness (QED) is 0.151. The van der Waals surface area contributed by atoms with Crippen molar-refractivity contribution < 1.29 is 24.0 Å². The lowest BCUT2D eigenvalue weighted by molar-refractivity contribution is -0.384. The lowest BCUT2D eigenvalue weighted by Crippen LogP contribution is -2.13. The van der Waals surface area contributed by atoms with Crippen molar-refractivity contribution in [3.05, 3.63) is 98.0 Å². The van der Waals surface area contributed by atoms with Crippen molar-refractivity contribution in [2.75, 3.05) is 6.61 Å². The van der Waals surface area contributed by atoms with Crippen molar-refractivity contribution >= 4 is 33.9 Å². The van der Waals surface area contributed by atoms with E-state index in [1.165, 1.54) is 6.07 Å². The maximum atomic E-state index is 12.7. The minimum absolute atomic E-state index is 0.0733. The number of hydrogen-bond acceptors (Lipinski definition) is 6. The van der Waals surface area contributed by atoms with Gasteiger partial charge in [-0.2, -0.15) is 0 Å². The van der Waals surface area contributed by atoms with E-state index in [-0.39, 0.29) is 22.6 Å². The van der Waals surface area contributed by atoms with Gasteiger partial charge < -0.3 is 9.47 Å². The zero-order valence-corrected chi connectivity index (χ0v) is 17.2. The molecule has 30 heavy (non-hydrogen) atoms. The summed E-state index contributed by atoms with van der Waals surface area (Å²) in [4.78, 5) is 34.2. The number of carbonyl (C=O) groups excluding carboxylic acids is 2. The van der Waals surface area contributed by atoms with Crippen LogP contribution in [-0.2, 0) is 6.42 Å². The number of nitro groups is 1. The first-order valence-corrected chi connectivity index (χ1v) is 9.69. The first-order chi connectivity index (χ1) is 14.5. The lowest BCUT2D eigenvalue weighted by atomic mass is 10.1. The van der Waals surface area contributed by atoms with Gasteiger partial charge in [0.05, 0.1) is 17.1 Å². The maximum absolute atomic E-state index is 12.7. The molecule has 152 valence electrons. The number of ether oxygens (including phenoxy) is 2. The molecule has 0 unspecified atom stereocenters. The number of benzene rings is 3. The van der Waals surface area contributed by atoms with Crippen molar-refractivity contribution in [2.24, 2.45) is 0 Å². The smallest absolute Gasteiger partial charge is 0.347 e. The standard InChI is InChI=1S/C22H16BrNO6/c23-17-6-8-21(29-11-10-15-4-2-1-3-5-15)19(13-17)22(26)30-20-9-7-18(24(27)28)12-16(20)14-25/h1-9,12-14H,10-11H2. The molecule has 0 spiro atoms. The third-order valence-corrected chi connectivity index (χ3v) is 4.68. The average Bonchev–Trinajstić information content (AvgIpc) is 2.75. The molecule has 8 heteroatoms. The van der Waals surface area contributed by atoms with Crippen LogP contribution in [0.5, 0.6) is 11.5 Å². The highest BCUT2D eigenvalue weighted by Crippen LogP contribution is 2.28. The van der Waals surface area contributed by atoms with Crippen LogP contribution < -0.4 is 9.47 Å². The summed E-state index contributed by atoms with van der Waals surface area (Å²) in [5, 5.41) is 10.9. The minimum Gasteiger partial charge on any atom is -0.492 e. The van der Waals surface area contributed by atoms with Crippen molar-refractivity contribution in [3.8, 4) is 11.5 Å². The third kappa shape index (κ3) is 5.30. The van der Waals surface area contributed by atoms with E-state index < -0.39 is 10.9 Å². The van der Waals surface area contributed by atoms with Gasteiger partial charge in [0.25, 0.3) is 5.69 Å². The number of rotatable bonds is 8. The van der Waals surface area contributed by atoms with Crippen molar-refractivity contribution in [1.82, 2.24) is 0 Å². The molecule has 0 saturated heterocycles. The van der Waals surface area contributed by atoms with Crippen LogP contribution >= 0.6 is 15.9 Å². The van der Waals surface area contributed by atoms with Gasteiger partial charge in [0.15, 0.2) is 6.29 Å². The van der Waals surface area contributed by atoms with Crippen LogP contribution in [0.2, 0.25) is 0 Å². The lowest BCUT2D eigenvalue weighted by Gasteiger charge is -2.12. The van der Waals surface area contributed by atoms with Crippen LogP contribution in [0, 0.1) is 10.1 Å². The predicted octanol–water partition coefficient (Wildman–Crippen LogP) is 5.01. The molecular formula is C22H16BrNO6. The van der Waals surface area contributed by atoms with Crippen LogP contribution in [0.3, 0.4) is 0 Å². The Bertz CT molecular complexity index is 1080. The van der Waals surface area contributed by atoms with E-state index in [4.69, 9.17) is 9.47 Å². The van der Waals surface area contributed by atoms with E-state index in [1.807, 2.05) is 30.3 Å². The fourth-order valence-corrected chi connectivity index (χ4v) is 3.06. The van der Waals surface area contributed by atoms with Gasteiger partial charge in [0, 0.05) is 23.0 Å². The number of carbonyl (C=O) groups is 2. The molecule has 0 aromatic heterocycles. The molecular weight excluding hydrogens is 454 g/mol. The summed E-state index contributed by atoms with van der Waals surface area (Å²) in [6.07, 6.45) is 1.05. The van der Waals surface area contributed by atoms with Gasteiger partial charge in [-0.3, -0.25) is 14.9 Å². The summed E-state index contributed by atoms with van der Waals surface area (Å²) in [5.41, 5.74) is 0.885. The Morgan fingerprint density at radius 1 is 1.03 bits per heavy atom. The molecule has 0 saturated carbocycles. The molecule has 0 aliphatic carbocycles. The van der Waals surface area contributed by atoms with Gasteiger partial charge in [-0.25, -0.2) is 4.79 Å². The van der Waals surface area contributed by atoms with Crippen LogP contribution in [0.1, 0.15) is 26.3 Å². The van der Waals surface area contributed by atoms with Crippen LogP contribution in [0.4, 0.5) is 5.69 Å². The Balaban J connectivity index is 1.77. The minimum atomic E-state index is -0.747. The molecule has 7 nitrogen and oxygen atoms in total. The second-order valence-corrected chi connectivity index (χ2v) is 7.13. The molecule has 3 aromatic rings. The molecule has 0 N–H and O–H groups in total. The number of hydrogen-bond donors (Lipinski definition) is 0. The Hall–Kier alpha value is -3.52. The molecule has 0 bridgehead atoms. The van der Waals surface area contributed by atoms with Gasteiger partial charge in [0.1, 0.15) is 17.1 Å². The first-order valence-electron chi connectivity index (χ1n) is 8.90. The fraction of sp³-hybridized carbons (Fsp3) is 0.0909. The Kier molecular flexibility index (Phi) is 6.92. The normalized spacial score (nSPS) is 10.3. The van der Waals surface area contributed by atoms with Crippen LogP contribution in [-0.4, -0.2) is 23.8 Å². The van der Waals surface area contributed by atoms with Gasteiger partial charge >= 0.3 is 5.97 Å². The molecule has 0 aliphatic rings. The van der Waals surface area contributed by atoms with Crippen molar-refractivity contribution in [1.29, 1.82) is 0 Å². The Labute approximate surface area is 180 Å². The molecule has 0 atom stereocenters. The van der Waals surface area contributed by atoms with Crippen molar-refractivity contribution in [2.45, 2.75) is 6.42 Å². The second kappa shape index (κ2) is 9.80. The second-order valence-electron chi connectivity index (χ2n) is 6.21. The summed E-state index contributed by atoms with van der Waals surface area (Å²) in [6, 6.07) is 18.1. The molecule has 0 heterocycles. The van der Waals surface area contributed by atoms with E-state index >= 15 is 0 Å². The number of nitrogens with zero attached hydrogens (tertiary/aromatic N) is 1. The predicted molar refractivity (Wildman–Crippen MR) is 113 cm³/mol.